The summed E-state index contributed by atoms with van der Waals surface area (Å²) in [7, 11) is 0. The molecular weight excluding hydrogens is 322 g/mol. The van der Waals surface area contributed by atoms with E-state index in [4.69, 9.17) is 4.74 Å². The molecule has 0 spiro atoms. The maximum absolute atomic E-state index is 12.5. The van der Waals surface area contributed by atoms with Crippen LogP contribution in [0.2, 0.25) is 0 Å². The van der Waals surface area contributed by atoms with E-state index in [1.807, 2.05) is 25.1 Å². The molecule has 0 N–H and O–H groups in total. The Kier molecular flexibility index (Phi) is 7.28. The zero-order valence-corrected chi connectivity index (χ0v) is 17.4. The predicted molar refractivity (Wildman–Crippen MR) is 108 cm³/mol. The molecule has 1 aromatic carbocycles. The maximum atomic E-state index is 12.5. The minimum atomic E-state index is -0.0262. The highest BCUT2D eigenvalue weighted by molar-refractivity contribution is 5.75. The van der Waals surface area contributed by atoms with Gasteiger partial charge in [0.05, 0.1) is 5.60 Å². The average molecular weight is 360 g/mol. The summed E-state index contributed by atoms with van der Waals surface area (Å²) in [4.78, 5) is 14.6. The van der Waals surface area contributed by atoms with E-state index in [1.54, 1.807) is 0 Å². The van der Waals surface area contributed by atoms with Gasteiger partial charge in [0.1, 0.15) is 0 Å². The molecule has 3 heteroatoms. The molecule has 0 aliphatic carbocycles. The van der Waals surface area contributed by atoms with E-state index in [-0.39, 0.29) is 16.9 Å². The topological polar surface area (TPSA) is 29.5 Å². The van der Waals surface area contributed by atoms with E-state index in [2.05, 4.69) is 44.7 Å². The van der Waals surface area contributed by atoms with E-state index in [0.717, 1.165) is 38.8 Å². The Morgan fingerprint density at radius 1 is 1.23 bits per heavy atom. The van der Waals surface area contributed by atoms with Crippen molar-refractivity contribution in [2.24, 2.45) is 11.3 Å². The lowest BCUT2D eigenvalue weighted by Gasteiger charge is -2.49. The summed E-state index contributed by atoms with van der Waals surface area (Å²) >= 11 is 0. The van der Waals surface area contributed by atoms with Crippen LogP contribution >= 0.6 is 0 Å². The first-order valence-corrected chi connectivity index (χ1v) is 10.3. The van der Waals surface area contributed by atoms with Gasteiger partial charge in [-0.2, -0.15) is 0 Å². The SMILES string of the molecule is CCC(=O)N(CC[C@]1(C(C)C)CCO[C@@](C)(CC)C1)Cc1ccccc1. The van der Waals surface area contributed by atoms with Gasteiger partial charge >= 0.3 is 0 Å². The molecule has 0 bridgehead atoms. The third-order valence-electron chi connectivity index (χ3n) is 6.50. The van der Waals surface area contributed by atoms with Crippen LogP contribution in [0, 0.1) is 11.3 Å². The van der Waals surface area contributed by atoms with Crippen LogP contribution in [-0.4, -0.2) is 29.6 Å². The average Bonchev–Trinajstić information content (AvgIpc) is 2.65. The van der Waals surface area contributed by atoms with E-state index in [0.29, 0.717) is 18.9 Å². The lowest BCUT2D eigenvalue weighted by Crippen LogP contribution is -2.47. The summed E-state index contributed by atoms with van der Waals surface area (Å²) in [5.41, 5.74) is 1.44. The van der Waals surface area contributed by atoms with Gasteiger partial charge in [-0.05, 0) is 49.5 Å². The Morgan fingerprint density at radius 2 is 1.92 bits per heavy atom. The van der Waals surface area contributed by atoms with Crippen LogP contribution in [-0.2, 0) is 16.1 Å². The molecule has 146 valence electrons. The summed E-state index contributed by atoms with van der Waals surface area (Å²) in [5, 5.41) is 0. The number of rotatable bonds is 8. The van der Waals surface area contributed by atoms with Gasteiger partial charge in [0.2, 0.25) is 5.91 Å². The minimum Gasteiger partial charge on any atom is -0.375 e. The first-order chi connectivity index (χ1) is 12.3. The van der Waals surface area contributed by atoms with E-state index < -0.39 is 0 Å². The first-order valence-electron chi connectivity index (χ1n) is 10.3. The number of ether oxygens (including phenoxy) is 1. The van der Waals surface area contributed by atoms with Crippen molar-refractivity contribution in [3.05, 3.63) is 35.9 Å². The second kappa shape index (κ2) is 9.03. The molecule has 2 rings (SSSR count). The van der Waals surface area contributed by atoms with Gasteiger partial charge in [-0.25, -0.2) is 0 Å². The molecule has 1 heterocycles. The molecule has 1 amide bonds. The molecule has 1 saturated heterocycles. The van der Waals surface area contributed by atoms with Gasteiger partial charge in [0.25, 0.3) is 0 Å². The van der Waals surface area contributed by atoms with Crippen LogP contribution < -0.4 is 0 Å². The van der Waals surface area contributed by atoms with Crippen molar-refractivity contribution in [1.82, 2.24) is 4.90 Å². The predicted octanol–water partition coefficient (Wildman–Crippen LogP) is 5.44. The van der Waals surface area contributed by atoms with Crippen LogP contribution in [0.4, 0.5) is 0 Å². The normalized spacial score (nSPS) is 26.1. The van der Waals surface area contributed by atoms with Crippen LogP contribution in [0.1, 0.15) is 72.3 Å². The molecule has 1 aliphatic heterocycles. The van der Waals surface area contributed by atoms with Crippen molar-refractivity contribution in [3.8, 4) is 0 Å². The van der Waals surface area contributed by atoms with Crippen LogP contribution in [0.5, 0.6) is 0 Å². The quantitative estimate of drug-likeness (QED) is 0.619. The molecule has 0 radical (unpaired) electrons. The van der Waals surface area contributed by atoms with Crippen molar-refractivity contribution < 1.29 is 9.53 Å². The van der Waals surface area contributed by atoms with Crippen LogP contribution in [0.25, 0.3) is 0 Å². The highest BCUT2D eigenvalue weighted by atomic mass is 16.5. The molecule has 1 aromatic rings. The second-order valence-corrected chi connectivity index (χ2v) is 8.50. The Balaban J connectivity index is 2.12. The molecule has 3 nitrogen and oxygen atoms in total. The van der Waals surface area contributed by atoms with Crippen molar-refractivity contribution in [2.45, 2.75) is 78.9 Å². The van der Waals surface area contributed by atoms with Gasteiger partial charge in [-0.3, -0.25) is 4.79 Å². The monoisotopic (exact) mass is 359 g/mol. The molecule has 2 atom stereocenters. The zero-order chi connectivity index (χ0) is 19.2. The van der Waals surface area contributed by atoms with Crippen LogP contribution in [0.15, 0.2) is 30.3 Å². The zero-order valence-electron chi connectivity index (χ0n) is 17.4. The van der Waals surface area contributed by atoms with Gasteiger partial charge in [-0.15, -0.1) is 0 Å². The third-order valence-corrected chi connectivity index (χ3v) is 6.50. The van der Waals surface area contributed by atoms with Crippen molar-refractivity contribution in [3.63, 3.8) is 0 Å². The number of hydrogen-bond donors (Lipinski definition) is 0. The number of amides is 1. The Bertz CT molecular complexity index is 571. The van der Waals surface area contributed by atoms with Crippen LogP contribution in [0.3, 0.4) is 0 Å². The number of nitrogens with zero attached hydrogens (tertiary/aromatic N) is 1. The summed E-state index contributed by atoms with van der Waals surface area (Å²) in [6.07, 6.45) is 4.86. The van der Waals surface area contributed by atoms with Gasteiger partial charge in [0.15, 0.2) is 0 Å². The Morgan fingerprint density at radius 3 is 2.50 bits per heavy atom. The molecular formula is C23H37NO2. The Labute approximate surface area is 160 Å². The largest absolute Gasteiger partial charge is 0.375 e. The number of carbonyl (C=O) groups excluding carboxylic acids is 1. The number of hydrogen-bond acceptors (Lipinski definition) is 2. The molecule has 1 aliphatic rings. The third kappa shape index (κ3) is 5.09. The van der Waals surface area contributed by atoms with E-state index in [9.17, 15) is 4.79 Å². The van der Waals surface area contributed by atoms with Gasteiger partial charge < -0.3 is 9.64 Å². The van der Waals surface area contributed by atoms with Crippen molar-refractivity contribution in [1.29, 1.82) is 0 Å². The summed E-state index contributed by atoms with van der Waals surface area (Å²) in [6, 6.07) is 10.3. The smallest absolute Gasteiger partial charge is 0.222 e. The molecule has 0 saturated carbocycles. The van der Waals surface area contributed by atoms with E-state index in [1.165, 1.54) is 5.56 Å². The molecule has 0 aromatic heterocycles. The molecule has 26 heavy (non-hydrogen) atoms. The second-order valence-electron chi connectivity index (χ2n) is 8.50. The standard InChI is InChI=1S/C23H37NO2/c1-6-21(25)24(17-20-11-9-8-10-12-20)15-13-23(19(3)4)14-16-26-22(5,7-2)18-23/h8-12,19H,6-7,13-18H2,1-5H3/t22-,23-/m0/s1. The fourth-order valence-electron chi connectivity index (χ4n) is 4.28. The summed E-state index contributed by atoms with van der Waals surface area (Å²) in [6.45, 7) is 13.5. The number of carbonyl (C=O) groups is 1. The first kappa shape index (κ1) is 21.0. The van der Waals surface area contributed by atoms with Gasteiger partial charge in [0, 0.05) is 26.1 Å². The lowest BCUT2D eigenvalue weighted by atomic mass is 9.64. The molecule has 0 unspecified atom stereocenters. The highest BCUT2D eigenvalue weighted by Gasteiger charge is 2.44. The fourth-order valence-corrected chi connectivity index (χ4v) is 4.28. The van der Waals surface area contributed by atoms with Crippen molar-refractivity contribution >= 4 is 5.91 Å². The maximum Gasteiger partial charge on any atom is 0.222 e. The van der Waals surface area contributed by atoms with E-state index >= 15 is 0 Å². The highest BCUT2D eigenvalue weighted by Crippen LogP contribution is 2.48. The summed E-state index contributed by atoms with van der Waals surface area (Å²) in [5.74, 6) is 0.839. The Hall–Kier alpha value is -1.35. The van der Waals surface area contributed by atoms with Crippen molar-refractivity contribution in [2.75, 3.05) is 13.2 Å². The fraction of sp³-hybridized carbons (Fsp3) is 0.696. The summed E-state index contributed by atoms with van der Waals surface area (Å²) < 4.78 is 6.11. The number of benzene rings is 1. The van der Waals surface area contributed by atoms with Gasteiger partial charge in [-0.1, -0.05) is 58.0 Å². The molecule has 1 fully saturated rings. The minimum absolute atomic E-state index is 0.0262. The lowest BCUT2D eigenvalue weighted by molar-refractivity contribution is -0.140.